The first-order valence-electron chi connectivity index (χ1n) is 8.35. The highest BCUT2D eigenvalue weighted by Gasteiger charge is 2.43. The van der Waals surface area contributed by atoms with Crippen molar-refractivity contribution in [3.63, 3.8) is 0 Å². The number of hydrogen-bond acceptors (Lipinski definition) is 1. The Morgan fingerprint density at radius 3 is 2.09 bits per heavy atom. The van der Waals surface area contributed by atoms with Gasteiger partial charge in [0.15, 0.2) is 0 Å². The molecule has 0 N–H and O–H groups in total. The maximum Gasteiger partial charge on any atom is 0.276 e. The van der Waals surface area contributed by atoms with Crippen LogP contribution in [0.4, 0.5) is 8.78 Å². The number of piperidine rings is 1. The van der Waals surface area contributed by atoms with Gasteiger partial charge in [-0.2, -0.15) is 0 Å². The molecule has 0 bridgehead atoms. The van der Waals surface area contributed by atoms with E-state index in [0.717, 1.165) is 18.7 Å². The van der Waals surface area contributed by atoms with E-state index < -0.39 is 11.8 Å². The summed E-state index contributed by atoms with van der Waals surface area (Å²) in [6, 6.07) is 7.45. The van der Waals surface area contributed by atoms with Crippen molar-refractivity contribution < 1.29 is 8.78 Å². The number of nitrogens with zero attached hydrogens (tertiary/aromatic N) is 1. The van der Waals surface area contributed by atoms with Gasteiger partial charge in [0.2, 0.25) is 0 Å². The third kappa shape index (κ3) is 3.68. The molecule has 1 saturated heterocycles. The molecule has 1 heterocycles. The SMILES string of the molecule is CC(C)N1CCC(C(F)(F)c2cccc(C(C)(C)C)c2)CC1. The van der Waals surface area contributed by atoms with Crippen LogP contribution < -0.4 is 0 Å². The van der Waals surface area contributed by atoms with Crippen molar-refractivity contribution >= 4 is 0 Å². The first-order chi connectivity index (χ1) is 10.1. The molecule has 1 aliphatic rings. The lowest BCUT2D eigenvalue weighted by atomic mass is 9.82. The Hall–Kier alpha value is -0.960. The Morgan fingerprint density at radius 1 is 1.05 bits per heavy atom. The summed E-state index contributed by atoms with van der Waals surface area (Å²) in [7, 11) is 0. The van der Waals surface area contributed by atoms with Gasteiger partial charge in [0.25, 0.3) is 5.92 Å². The van der Waals surface area contributed by atoms with Gasteiger partial charge >= 0.3 is 0 Å². The highest BCUT2D eigenvalue weighted by molar-refractivity contribution is 5.31. The molecule has 0 aliphatic carbocycles. The van der Waals surface area contributed by atoms with E-state index >= 15 is 0 Å². The molecule has 1 aliphatic heterocycles. The molecule has 0 aromatic heterocycles. The average molecular weight is 309 g/mol. The Labute approximate surface area is 133 Å². The van der Waals surface area contributed by atoms with E-state index in [1.165, 1.54) is 0 Å². The second kappa shape index (κ2) is 6.27. The molecular weight excluding hydrogens is 280 g/mol. The van der Waals surface area contributed by atoms with Crippen LogP contribution in [0.1, 0.15) is 58.6 Å². The van der Waals surface area contributed by atoms with E-state index in [0.29, 0.717) is 18.9 Å². The molecule has 0 spiro atoms. The zero-order chi connectivity index (χ0) is 16.5. The Balaban J connectivity index is 2.17. The molecular formula is C19H29F2N. The molecule has 0 atom stereocenters. The van der Waals surface area contributed by atoms with E-state index in [1.54, 1.807) is 18.2 Å². The van der Waals surface area contributed by atoms with Crippen molar-refractivity contribution in [3.8, 4) is 0 Å². The summed E-state index contributed by atoms with van der Waals surface area (Å²) in [5, 5.41) is 0. The minimum atomic E-state index is -2.73. The molecule has 124 valence electrons. The highest BCUT2D eigenvalue weighted by Crippen LogP contribution is 2.42. The molecule has 0 amide bonds. The standard InChI is InChI=1S/C19H29F2N/c1-14(2)22-11-9-15(10-12-22)19(20,21)17-8-6-7-16(13-17)18(3,4)5/h6-8,13-15H,9-12H2,1-5H3. The third-order valence-electron chi connectivity index (χ3n) is 4.89. The van der Waals surface area contributed by atoms with Gasteiger partial charge in [-0.15, -0.1) is 0 Å². The topological polar surface area (TPSA) is 3.24 Å². The quantitative estimate of drug-likeness (QED) is 0.742. The summed E-state index contributed by atoms with van der Waals surface area (Å²) in [6.07, 6.45) is 1.15. The maximum absolute atomic E-state index is 14.9. The second-order valence-electron chi connectivity index (χ2n) is 7.86. The predicted molar refractivity (Wildman–Crippen MR) is 88.5 cm³/mol. The molecule has 0 radical (unpaired) electrons. The number of rotatable bonds is 3. The molecule has 1 aromatic carbocycles. The van der Waals surface area contributed by atoms with Crippen LogP contribution in [0.5, 0.6) is 0 Å². The van der Waals surface area contributed by atoms with Crippen molar-refractivity contribution in [2.24, 2.45) is 5.92 Å². The molecule has 3 heteroatoms. The number of halogens is 2. The van der Waals surface area contributed by atoms with Crippen LogP contribution in [0.2, 0.25) is 0 Å². The van der Waals surface area contributed by atoms with Crippen molar-refractivity contribution in [3.05, 3.63) is 35.4 Å². The fourth-order valence-corrected chi connectivity index (χ4v) is 3.21. The lowest BCUT2D eigenvalue weighted by Gasteiger charge is -2.38. The van der Waals surface area contributed by atoms with Gasteiger partial charge in [0.1, 0.15) is 0 Å². The van der Waals surface area contributed by atoms with Gasteiger partial charge in [-0.1, -0.05) is 39.0 Å². The Bertz CT molecular complexity index is 494. The molecule has 2 rings (SSSR count). The lowest BCUT2D eigenvalue weighted by molar-refractivity contribution is -0.0876. The summed E-state index contributed by atoms with van der Waals surface area (Å²) in [4.78, 5) is 2.29. The summed E-state index contributed by atoms with van der Waals surface area (Å²) < 4.78 is 29.8. The van der Waals surface area contributed by atoms with Crippen LogP contribution in [0, 0.1) is 5.92 Å². The molecule has 1 aromatic rings. The normalized spacial score (nSPS) is 18.9. The number of benzene rings is 1. The Morgan fingerprint density at radius 2 is 1.59 bits per heavy atom. The lowest BCUT2D eigenvalue weighted by Crippen LogP contribution is -2.42. The number of alkyl halides is 2. The summed E-state index contributed by atoms with van der Waals surface area (Å²) >= 11 is 0. The maximum atomic E-state index is 14.9. The Kier molecular flexibility index (Phi) is 4.96. The molecule has 0 saturated carbocycles. The van der Waals surface area contributed by atoms with Gasteiger partial charge in [0.05, 0.1) is 0 Å². The summed E-state index contributed by atoms with van der Waals surface area (Å²) in [5.74, 6) is -3.28. The van der Waals surface area contributed by atoms with Gasteiger partial charge in [-0.25, -0.2) is 8.78 Å². The third-order valence-corrected chi connectivity index (χ3v) is 4.89. The zero-order valence-electron chi connectivity index (χ0n) is 14.5. The van der Waals surface area contributed by atoms with Gasteiger partial charge < -0.3 is 4.90 Å². The van der Waals surface area contributed by atoms with Crippen LogP contribution in [0.25, 0.3) is 0 Å². The number of hydrogen-bond donors (Lipinski definition) is 0. The van der Waals surface area contributed by atoms with Crippen LogP contribution in [-0.4, -0.2) is 24.0 Å². The van der Waals surface area contributed by atoms with Crippen LogP contribution in [0.3, 0.4) is 0 Å². The van der Waals surface area contributed by atoms with Crippen LogP contribution in [-0.2, 0) is 11.3 Å². The smallest absolute Gasteiger partial charge is 0.276 e. The van der Waals surface area contributed by atoms with E-state index in [9.17, 15) is 8.78 Å². The van der Waals surface area contributed by atoms with Crippen molar-refractivity contribution in [1.82, 2.24) is 4.90 Å². The average Bonchev–Trinajstić information content (AvgIpc) is 2.46. The zero-order valence-corrected chi connectivity index (χ0v) is 14.5. The molecule has 1 nitrogen and oxygen atoms in total. The molecule has 22 heavy (non-hydrogen) atoms. The minimum absolute atomic E-state index is 0.104. The predicted octanol–water partition coefficient (Wildman–Crippen LogP) is 5.20. The van der Waals surface area contributed by atoms with E-state index in [1.807, 2.05) is 6.07 Å². The highest BCUT2D eigenvalue weighted by atomic mass is 19.3. The van der Waals surface area contributed by atoms with Crippen LogP contribution in [0.15, 0.2) is 24.3 Å². The molecule has 1 fully saturated rings. The van der Waals surface area contributed by atoms with E-state index in [4.69, 9.17) is 0 Å². The summed E-state index contributed by atoms with van der Waals surface area (Å²) in [5.41, 5.74) is 1.06. The van der Waals surface area contributed by atoms with Crippen molar-refractivity contribution in [2.45, 2.75) is 64.8 Å². The van der Waals surface area contributed by atoms with Gasteiger partial charge in [0, 0.05) is 17.5 Å². The van der Waals surface area contributed by atoms with Gasteiger partial charge in [-0.05, 0) is 56.8 Å². The monoisotopic (exact) mass is 309 g/mol. The largest absolute Gasteiger partial charge is 0.301 e. The van der Waals surface area contributed by atoms with Crippen molar-refractivity contribution in [2.75, 3.05) is 13.1 Å². The first-order valence-corrected chi connectivity index (χ1v) is 8.35. The van der Waals surface area contributed by atoms with E-state index in [2.05, 4.69) is 39.5 Å². The summed E-state index contributed by atoms with van der Waals surface area (Å²) in [6.45, 7) is 12.0. The second-order valence-corrected chi connectivity index (χ2v) is 7.86. The fraction of sp³-hybridized carbons (Fsp3) is 0.684. The van der Waals surface area contributed by atoms with Crippen LogP contribution >= 0.6 is 0 Å². The van der Waals surface area contributed by atoms with Crippen molar-refractivity contribution in [1.29, 1.82) is 0 Å². The van der Waals surface area contributed by atoms with E-state index in [-0.39, 0.29) is 11.0 Å². The number of likely N-dealkylation sites (tertiary alicyclic amines) is 1. The van der Waals surface area contributed by atoms with Gasteiger partial charge in [-0.3, -0.25) is 0 Å². The minimum Gasteiger partial charge on any atom is -0.301 e. The molecule has 0 unspecified atom stereocenters. The fourth-order valence-electron chi connectivity index (χ4n) is 3.21. The first kappa shape index (κ1) is 17.4.